The molecule has 3 aromatic rings. The van der Waals surface area contributed by atoms with Crippen LogP contribution in [0, 0.1) is 0 Å². The second-order valence-corrected chi connectivity index (χ2v) is 6.64. The molecule has 0 aliphatic heterocycles. The molecule has 3 nitrogen and oxygen atoms in total. The van der Waals surface area contributed by atoms with Crippen molar-refractivity contribution in [3.8, 4) is 0 Å². The Morgan fingerprint density at radius 1 is 1.19 bits per heavy atom. The third-order valence-corrected chi connectivity index (χ3v) is 5.28. The van der Waals surface area contributed by atoms with Gasteiger partial charge in [-0.15, -0.1) is 11.3 Å². The van der Waals surface area contributed by atoms with E-state index in [2.05, 4.69) is 11.1 Å². The van der Waals surface area contributed by atoms with Gasteiger partial charge in [0.1, 0.15) is 0 Å². The summed E-state index contributed by atoms with van der Waals surface area (Å²) in [6, 6.07) is 15.6. The average molecular weight is 315 g/mol. The lowest BCUT2D eigenvalue weighted by Gasteiger charge is -2.06. The van der Waals surface area contributed by atoms with Crippen molar-refractivity contribution < 1.29 is 9.53 Å². The highest BCUT2D eigenvalue weighted by Crippen LogP contribution is 2.32. The summed E-state index contributed by atoms with van der Waals surface area (Å²) in [5.41, 5.74) is 2.61. The Morgan fingerprint density at radius 3 is 2.76 bits per heavy atom. The molecule has 0 saturated heterocycles. The van der Waals surface area contributed by atoms with E-state index in [-0.39, 0.29) is 5.97 Å². The van der Waals surface area contributed by atoms with Gasteiger partial charge in [0.2, 0.25) is 0 Å². The van der Waals surface area contributed by atoms with Gasteiger partial charge in [0.15, 0.2) is 4.34 Å². The number of benzene rings is 2. The van der Waals surface area contributed by atoms with E-state index in [0.29, 0.717) is 11.3 Å². The summed E-state index contributed by atoms with van der Waals surface area (Å²) in [7, 11) is 1.40. The number of thiazole rings is 1. The number of hydrogen-bond acceptors (Lipinski definition) is 5. The second-order valence-electron chi connectivity index (χ2n) is 4.38. The first-order valence-electron chi connectivity index (χ1n) is 6.42. The van der Waals surface area contributed by atoms with Crippen molar-refractivity contribution in [2.75, 3.05) is 7.11 Å². The Morgan fingerprint density at radius 2 is 1.95 bits per heavy atom. The molecule has 0 aliphatic carbocycles. The quantitative estimate of drug-likeness (QED) is 0.529. The molecule has 0 amide bonds. The minimum Gasteiger partial charge on any atom is -0.465 e. The summed E-state index contributed by atoms with van der Waals surface area (Å²) >= 11 is 3.31. The number of carbonyl (C=O) groups excluding carboxylic acids is 1. The van der Waals surface area contributed by atoms with Crippen LogP contribution in [0.2, 0.25) is 0 Å². The van der Waals surface area contributed by atoms with Crippen molar-refractivity contribution in [3.05, 3.63) is 59.7 Å². The number of rotatable bonds is 4. The van der Waals surface area contributed by atoms with E-state index in [1.165, 1.54) is 11.8 Å². The zero-order valence-corrected chi connectivity index (χ0v) is 13.0. The number of methoxy groups -OCH3 is 1. The van der Waals surface area contributed by atoms with E-state index in [1.807, 2.05) is 36.4 Å². The molecule has 0 aliphatic rings. The molecular formula is C16H13NO2S2. The summed E-state index contributed by atoms with van der Waals surface area (Å²) in [6.45, 7) is 0. The Labute approximate surface area is 131 Å². The summed E-state index contributed by atoms with van der Waals surface area (Å²) in [6.07, 6.45) is 0. The number of hydrogen-bond donors (Lipinski definition) is 0. The molecule has 0 spiro atoms. The summed E-state index contributed by atoms with van der Waals surface area (Å²) < 4.78 is 7.01. The van der Waals surface area contributed by atoms with Gasteiger partial charge in [0, 0.05) is 5.75 Å². The van der Waals surface area contributed by atoms with Gasteiger partial charge in [-0.3, -0.25) is 0 Å². The van der Waals surface area contributed by atoms with Crippen LogP contribution < -0.4 is 0 Å². The van der Waals surface area contributed by atoms with Crippen LogP contribution in [0.15, 0.2) is 52.9 Å². The largest absolute Gasteiger partial charge is 0.465 e. The van der Waals surface area contributed by atoms with E-state index in [0.717, 1.165) is 15.4 Å². The molecule has 2 aromatic carbocycles. The van der Waals surface area contributed by atoms with Gasteiger partial charge in [0.05, 0.1) is 22.9 Å². The molecule has 21 heavy (non-hydrogen) atoms. The standard InChI is InChI=1S/C16H13NO2S2/c1-19-15(18)12-7-3-2-6-11(12)10-20-16-17-13-8-4-5-9-14(13)21-16/h2-9H,10H2,1H3. The first-order chi connectivity index (χ1) is 10.3. The highest BCUT2D eigenvalue weighted by molar-refractivity contribution is 8.00. The highest BCUT2D eigenvalue weighted by atomic mass is 32.2. The number of para-hydroxylation sites is 1. The molecule has 1 aromatic heterocycles. The highest BCUT2D eigenvalue weighted by Gasteiger charge is 2.12. The maximum atomic E-state index is 11.7. The van der Waals surface area contributed by atoms with Crippen molar-refractivity contribution >= 4 is 39.3 Å². The van der Waals surface area contributed by atoms with Gasteiger partial charge in [-0.1, -0.05) is 42.1 Å². The Balaban J connectivity index is 1.80. The monoisotopic (exact) mass is 315 g/mol. The maximum absolute atomic E-state index is 11.7. The number of thioether (sulfide) groups is 1. The van der Waals surface area contributed by atoms with Crippen LogP contribution in [0.3, 0.4) is 0 Å². The van der Waals surface area contributed by atoms with Gasteiger partial charge >= 0.3 is 5.97 Å². The molecule has 0 radical (unpaired) electrons. The molecule has 0 fully saturated rings. The first-order valence-corrected chi connectivity index (χ1v) is 8.23. The summed E-state index contributed by atoms with van der Waals surface area (Å²) in [4.78, 5) is 16.3. The zero-order valence-electron chi connectivity index (χ0n) is 11.4. The van der Waals surface area contributed by atoms with E-state index in [4.69, 9.17) is 4.74 Å². The van der Waals surface area contributed by atoms with E-state index in [9.17, 15) is 4.79 Å². The van der Waals surface area contributed by atoms with E-state index >= 15 is 0 Å². The molecule has 106 valence electrons. The van der Waals surface area contributed by atoms with E-state index in [1.54, 1.807) is 29.2 Å². The fourth-order valence-electron chi connectivity index (χ4n) is 2.01. The number of ether oxygens (including phenoxy) is 1. The summed E-state index contributed by atoms with van der Waals surface area (Å²) in [5.74, 6) is 0.404. The van der Waals surface area contributed by atoms with Gasteiger partial charge in [-0.25, -0.2) is 9.78 Å². The van der Waals surface area contributed by atoms with Crippen LogP contribution in [-0.4, -0.2) is 18.1 Å². The van der Waals surface area contributed by atoms with Crippen molar-refractivity contribution in [3.63, 3.8) is 0 Å². The minimum absolute atomic E-state index is 0.296. The van der Waals surface area contributed by atoms with Crippen LogP contribution in [0.25, 0.3) is 10.2 Å². The van der Waals surface area contributed by atoms with Gasteiger partial charge in [-0.2, -0.15) is 0 Å². The minimum atomic E-state index is -0.296. The number of esters is 1. The molecule has 0 saturated carbocycles. The van der Waals surface area contributed by atoms with Crippen molar-refractivity contribution in [2.24, 2.45) is 0 Å². The van der Waals surface area contributed by atoms with E-state index < -0.39 is 0 Å². The SMILES string of the molecule is COC(=O)c1ccccc1CSc1nc2ccccc2s1. The number of nitrogens with zero attached hydrogens (tertiary/aromatic N) is 1. The smallest absolute Gasteiger partial charge is 0.338 e. The zero-order chi connectivity index (χ0) is 14.7. The van der Waals surface area contributed by atoms with Gasteiger partial charge in [-0.05, 0) is 23.8 Å². The lowest BCUT2D eigenvalue weighted by atomic mass is 10.1. The third-order valence-electron chi connectivity index (χ3n) is 3.05. The molecular weight excluding hydrogens is 302 g/mol. The van der Waals surface area contributed by atoms with Crippen LogP contribution in [0.4, 0.5) is 0 Å². The molecule has 0 unspecified atom stereocenters. The Hall–Kier alpha value is -1.85. The normalized spacial score (nSPS) is 10.7. The lowest BCUT2D eigenvalue weighted by Crippen LogP contribution is -2.04. The molecule has 0 N–H and O–H groups in total. The van der Waals surface area contributed by atoms with Crippen molar-refractivity contribution in [1.82, 2.24) is 4.98 Å². The van der Waals surface area contributed by atoms with Crippen molar-refractivity contribution in [2.45, 2.75) is 10.1 Å². The predicted molar refractivity (Wildman–Crippen MR) is 87.0 cm³/mol. The predicted octanol–water partition coefficient (Wildman–Crippen LogP) is 4.38. The average Bonchev–Trinajstić information content (AvgIpc) is 2.95. The number of carbonyl (C=O) groups is 1. The third kappa shape index (κ3) is 3.09. The lowest BCUT2D eigenvalue weighted by molar-refractivity contribution is 0.0600. The summed E-state index contributed by atoms with van der Waals surface area (Å²) in [5, 5.41) is 0. The molecule has 3 rings (SSSR count). The van der Waals surface area contributed by atoms with Crippen LogP contribution in [0.5, 0.6) is 0 Å². The molecule has 0 bridgehead atoms. The molecule has 1 heterocycles. The fourth-order valence-corrected chi connectivity index (χ4v) is 4.08. The fraction of sp³-hybridized carbons (Fsp3) is 0.125. The second kappa shape index (κ2) is 6.28. The number of aromatic nitrogens is 1. The van der Waals surface area contributed by atoms with Gasteiger partial charge < -0.3 is 4.74 Å². The van der Waals surface area contributed by atoms with Crippen LogP contribution in [0.1, 0.15) is 15.9 Å². The maximum Gasteiger partial charge on any atom is 0.338 e. The van der Waals surface area contributed by atoms with Crippen LogP contribution in [-0.2, 0) is 10.5 Å². The number of fused-ring (bicyclic) bond motifs is 1. The topological polar surface area (TPSA) is 39.2 Å². The van der Waals surface area contributed by atoms with Crippen LogP contribution >= 0.6 is 23.1 Å². The first kappa shape index (κ1) is 14.1. The Kier molecular flexibility index (Phi) is 4.22. The van der Waals surface area contributed by atoms with Crippen molar-refractivity contribution in [1.29, 1.82) is 0 Å². The van der Waals surface area contributed by atoms with Gasteiger partial charge in [0.25, 0.3) is 0 Å². The molecule has 5 heteroatoms. The Bertz CT molecular complexity index is 750. The molecule has 0 atom stereocenters.